The fourth-order valence-electron chi connectivity index (χ4n) is 2.49. The van der Waals surface area contributed by atoms with Crippen LogP contribution in [0.4, 0.5) is 0 Å². The molecule has 2 unspecified atom stereocenters. The maximum atomic E-state index is 3.65. The Morgan fingerprint density at radius 2 is 2.19 bits per heavy atom. The summed E-state index contributed by atoms with van der Waals surface area (Å²) < 4.78 is 1.40. The summed E-state index contributed by atoms with van der Waals surface area (Å²) >= 11 is 1.82. The van der Waals surface area contributed by atoms with Crippen LogP contribution in [-0.2, 0) is 0 Å². The summed E-state index contributed by atoms with van der Waals surface area (Å²) in [5.74, 6) is 0.834. The van der Waals surface area contributed by atoms with Gasteiger partial charge >= 0.3 is 0 Å². The van der Waals surface area contributed by atoms with Gasteiger partial charge in [-0.1, -0.05) is 13.0 Å². The van der Waals surface area contributed by atoms with Crippen molar-refractivity contribution in [3.8, 4) is 0 Å². The molecule has 1 nitrogen and oxygen atoms in total. The largest absolute Gasteiger partial charge is 0.310 e. The van der Waals surface area contributed by atoms with Crippen LogP contribution >= 0.6 is 11.3 Å². The highest BCUT2D eigenvalue weighted by molar-refractivity contribution is 7.17. The van der Waals surface area contributed by atoms with E-state index >= 15 is 0 Å². The Labute approximate surface area is 100 Å². The van der Waals surface area contributed by atoms with Crippen LogP contribution in [0.5, 0.6) is 0 Å². The van der Waals surface area contributed by atoms with E-state index in [0.717, 1.165) is 12.5 Å². The van der Waals surface area contributed by atoms with Crippen molar-refractivity contribution < 1.29 is 0 Å². The first kappa shape index (κ1) is 10.3. The summed E-state index contributed by atoms with van der Waals surface area (Å²) in [4.78, 5) is 0. The van der Waals surface area contributed by atoms with E-state index in [-0.39, 0.29) is 0 Å². The molecule has 2 heterocycles. The predicted octanol–water partition coefficient (Wildman–Crippen LogP) is 3.96. The van der Waals surface area contributed by atoms with Crippen LogP contribution in [-0.4, -0.2) is 6.54 Å². The van der Waals surface area contributed by atoms with E-state index in [9.17, 15) is 0 Å². The number of thiophene rings is 1. The first-order chi connectivity index (χ1) is 7.83. The molecule has 1 aromatic heterocycles. The number of hydrogen-bond donors (Lipinski definition) is 1. The standard InChI is InChI=1S/C14H17NS/c1-10-2-4-13(15-9-10)11-3-5-14-12(8-11)6-7-16-14/h3,5-8,10,13,15H,2,4,9H2,1H3. The van der Waals surface area contributed by atoms with Crippen LogP contribution in [0.15, 0.2) is 29.6 Å². The van der Waals surface area contributed by atoms with Crippen LogP contribution in [0.25, 0.3) is 10.1 Å². The Balaban J connectivity index is 1.87. The Kier molecular flexibility index (Phi) is 2.70. The fraction of sp³-hybridized carbons (Fsp3) is 0.429. The molecule has 0 spiro atoms. The van der Waals surface area contributed by atoms with Crippen molar-refractivity contribution in [2.24, 2.45) is 5.92 Å². The molecular formula is C14H17NS. The van der Waals surface area contributed by atoms with E-state index in [0.29, 0.717) is 6.04 Å². The summed E-state index contributed by atoms with van der Waals surface area (Å²) in [5, 5.41) is 7.21. The van der Waals surface area contributed by atoms with Crippen LogP contribution in [0.2, 0.25) is 0 Å². The summed E-state index contributed by atoms with van der Waals surface area (Å²) in [5.41, 5.74) is 1.46. The van der Waals surface area contributed by atoms with Crippen LogP contribution in [0.1, 0.15) is 31.4 Å². The zero-order chi connectivity index (χ0) is 11.0. The molecule has 2 heteroatoms. The quantitative estimate of drug-likeness (QED) is 0.783. The average molecular weight is 231 g/mol. The van der Waals surface area contributed by atoms with E-state index in [4.69, 9.17) is 0 Å². The van der Waals surface area contributed by atoms with E-state index in [1.807, 2.05) is 11.3 Å². The molecule has 1 aliphatic heterocycles. The molecule has 0 saturated carbocycles. The van der Waals surface area contributed by atoms with Crippen molar-refractivity contribution in [2.45, 2.75) is 25.8 Å². The molecule has 2 aromatic rings. The highest BCUT2D eigenvalue weighted by Gasteiger charge is 2.18. The highest BCUT2D eigenvalue weighted by atomic mass is 32.1. The Bertz CT molecular complexity index is 480. The second-order valence-corrected chi connectivity index (χ2v) is 5.81. The number of benzene rings is 1. The lowest BCUT2D eigenvalue weighted by Gasteiger charge is -2.28. The van der Waals surface area contributed by atoms with Crippen molar-refractivity contribution in [3.63, 3.8) is 0 Å². The second-order valence-electron chi connectivity index (χ2n) is 4.86. The Morgan fingerprint density at radius 3 is 3.00 bits per heavy atom. The minimum absolute atomic E-state index is 0.570. The molecule has 3 rings (SSSR count). The molecule has 1 fully saturated rings. The topological polar surface area (TPSA) is 12.0 Å². The number of fused-ring (bicyclic) bond motifs is 1. The second kappa shape index (κ2) is 4.19. The van der Waals surface area contributed by atoms with Gasteiger partial charge in [-0.15, -0.1) is 11.3 Å². The summed E-state index contributed by atoms with van der Waals surface area (Å²) in [6.45, 7) is 3.48. The van der Waals surface area contributed by atoms with Gasteiger partial charge in [-0.05, 0) is 59.8 Å². The van der Waals surface area contributed by atoms with Crippen LogP contribution in [0.3, 0.4) is 0 Å². The van der Waals surface area contributed by atoms with Gasteiger partial charge in [-0.3, -0.25) is 0 Å². The number of hydrogen-bond acceptors (Lipinski definition) is 2. The third kappa shape index (κ3) is 1.87. The van der Waals surface area contributed by atoms with Gasteiger partial charge in [0.1, 0.15) is 0 Å². The van der Waals surface area contributed by atoms with Crippen LogP contribution < -0.4 is 5.32 Å². The molecule has 2 atom stereocenters. The molecule has 0 bridgehead atoms. The molecule has 1 N–H and O–H groups in total. The normalized spacial score (nSPS) is 26.1. The van der Waals surface area contributed by atoms with Gasteiger partial charge in [0, 0.05) is 10.7 Å². The number of rotatable bonds is 1. The van der Waals surface area contributed by atoms with Gasteiger partial charge in [0.05, 0.1) is 0 Å². The van der Waals surface area contributed by atoms with E-state index in [1.54, 1.807) is 0 Å². The highest BCUT2D eigenvalue weighted by Crippen LogP contribution is 2.29. The molecule has 0 amide bonds. The monoisotopic (exact) mass is 231 g/mol. The van der Waals surface area contributed by atoms with Gasteiger partial charge in [-0.25, -0.2) is 0 Å². The lowest BCUT2D eigenvalue weighted by molar-refractivity contribution is 0.333. The first-order valence-electron chi connectivity index (χ1n) is 6.03. The molecule has 0 radical (unpaired) electrons. The zero-order valence-corrected chi connectivity index (χ0v) is 10.4. The predicted molar refractivity (Wildman–Crippen MR) is 71.0 cm³/mol. The van der Waals surface area contributed by atoms with Crippen molar-refractivity contribution in [3.05, 3.63) is 35.2 Å². The SMILES string of the molecule is CC1CCC(c2ccc3sccc3c2)NC1. The van der Waals surface area contributed by atoms with E-state index < -0.39 is 0 Å². The first-order valence-corrected chi connectivity index (χ1v) is 6.91. The smallest absolute Gasteiger partial charge is 0.0342 e. The number of piperidine rings is 1. The minimum Gasteiger partial charge on any atom is -0.310 e. The number of nitrogens with one attached hydrogen (secondary N) is 1. The lowest BCUT2D eigenvalue weighted by atomic mass is 9.92. The fourth-order valence-corrected chi connectivity index (χ4v) is 3.26. The third-order valence-electron chi connectivity index (χ3n) is 3.54. The molecule has 1 saturated heterocycles. The van der Waals surface area contributed by atoms with Gasteiger partial charge in [0.2, 0.25) is 0 Å². The van der Waals surface area contributed by atoms with Gasteiger partial charge in [0.25, 0.3) is 0 Å². The summed E-state index contributed by atoms with van der Waals surface area (Å²) in [6.07, 6.45) is 2.62. The average Bonchev–Trinajstić information content (AvgIpc) is 2.77. The maximum absolute atomic E-state index is 3.65. The Morgan fingerprint density at radius 1 is 1.25 bits per heavy atom. The van der Waals surface area contributed by atoms with Crippen molar-refractivity contribution >= 4 is 21.4 Å². The van der Waals surface area contributed by atoms with E-state index in [1.165, 1.54) is 28.5 Å². The molecular weight excluding hydrogens is 214 g/mol. The van der Waals surface area contributed by atoms with Crippen molar-refractivity contribution in [1.29, 1.82) is 0 Å². The van der Waals surface area contributed by atoms with Crippen molar-refractivity contribution in [2.75, 3.05) is 6.54 Å². The lowest BCUT2D eigenvalue weighted by Crippen LogP contribution is -2.31. The minimum atomic E-state index is 0.570. The maximum Gasteiger partial charge on any atom is 0.0342 e. The third-order valence-corrected chi connectivity index (χ3v) is 4.44. The van der Waals surface area contributed by atoms with Crippen LogP contribution in [0, 0.1) is 5.92 Å². The summed E-state index contributed by atoms with van der Waals surface area (Å²) in [7, 11) is 0. The van der Waals surface area contributed by atoms with E-state index in [2.05, 4.69) is 41.9 Å². The summed E-state index contributed by atoms with van der Waals surface area (Å²) in [6, 6.07) is 9.68. The molecule has 1 aromatic carbocycles. The van der Waals surface area contributed by atoms with Gasteiger partial charge in [0.15, 0.2) is 0 Å². The van der Waals surface area contributed by atoms with Gasteiger partial charge < -0.3 is 5.32 Å². The molecule has 0 aliphatic carbocycles. The zero-order valence-electron chi connectivity index (χ0n) is 9.57. The Hall–Kier alpha value is -0.860. The molecule has 16 heavy (non-hydrogen) atoms. The van der Waals surface area contributed by atoms with Gasteiger partial charge in [-0.2, -0.15) is 0 Å². The molecule has 84 valence electrons. The molecule has 1 aliphatic rings. The van der Waals surface area contributed by atoms with Crippen molar-refractivity contribution in [1.82, 2.24) is 5.32 Å².